The molecule has 0 aromatic heterocycles. The molecule has 1 saturated carbocycles. The lowest BCUT2D eigenvalue weighted by Gasteiger charge is -2.41. The molecule has 0 N–H and O–H groups in total. The van der Waals surface area contributed by atoms with E-state index < -0.39 is 0 Å². The predicted molar refractivity (Wildman–Crippen MR) is 45.0 cm³/mol. The lowest BCUT2D eigenvalue weighted by atomic mass is 9.89. The summed E-state index contributed by atoms with van der Waals surface area (Å²) >= 11 is 0. The average Bonchev–Trinajstić information content (AvgIpc) is 2.04. The molecule has 3 heteroatoms. The zero-order valence-electron chi connectivity index (χ0n) is 7.45. The molecule has 1 saturated heterocycles. The van der Waals surface area contributed by atoms with Crippen LogP contribution in [0.15, 0.2) is 0 Å². The first kappa shape index (κ1) is 8.20. The van der Waals surface area contributed by atoms with Crippen molar-refractivity contribution in [3.05, 3.63) is 0 Å². The van der Waals surface area contributed by atoms with Crippen LogP contribution in [-0.2, 0) is 9.53 Å². The van der Waals surface area contributed by atoms with Gasteiger partial charge in [0.05, 0.1) is 12.7 Å². The van der Waals surface area contributed by atoms with E-state index >= 15 is 0 Å². The smallest absolute Gasteiger partial charge is 0.135 e. The van der Waals surface area contributed by atoms with Gasteiger partial charge in [0.1, 0.15) is 5.78 Å². The lowest BCUT2D eigenvalue weighted by molar-refractivity contribution is -0.133. The Balaban J connectivity index is 2.04. The lowest BCUT2D eigenvalue weighted by Crippen LogP contribution is -2.52. The van der Waals surface area contributed by atoms with Crippen molar-refractivity contribution in [2.24, 2.45) is 0 Å². The largest absolute Gasteiger partial charge is 0.375 e. The Labute approximate surface area is 72.7 Å². The van der Waals surface area contributed by atoms with E-state index in [1.807, 2.05) is 0 Å². The fourth-order valence-electron chi connectivity index (χ4n) is 2.15. The molecule has 0 radical (unpaired) electrons. The van der Waals surface area contributed by atoms with Crippen LogP contribution in [0, 0.1) is 0 Å². The molecule has 12 heavy (non-hydrogen) atoms. The Bertz CT molecular complexity index is 193. The number of fused-ring (bicyclic) bond motifs is 1. The van der Waals surface area contributed by atoms with Gasteiger partial charge in [-0.25, -0.2) is 0 Å². The molecule has 2 rings (SSSR count). The molecule has 1 aliphatic carbocycles. The van der Waals surface area contributed by atoms with Crippen LogP contribution in [0.1, 0.15) is 19.3 Å². The monoisotopic (exact) mass is 169 g/mol. The number of nitrogens with zero attached hydrogens (tertiary/aromatic N) is 1. The highest BCUT2D eigenvalue weighted by Gasteiger charge is 2.35. The van der Waals surface area contributed by atoms with Crippen molar-refractivity contribution < 1.29 is 9.53 Å². The van der Waals surface area contributed by atoms with Crippen LogP contribution in [0.5, 0.6) is 0 Å². The normalized spacial score (nSPS) is 37.9. The summed E-state index contributed by atoms with van der Waals surface area (Å²) < 4.78 is 5.56. The van der Waals surface area contributed by atoms with E-state index in [0.717, 1.165) is 26.0 Å². The van der Waals surface area contributed by atoms with E-state index in [4.69, 9.17) is 4.74 Å². The molecular weight excluding hydrogens is 154 g/mol. The number of ketones is 1. The van der Waals surface area contributed by atoms with E-state index in [9.17, 15) is 4.79 Å². The van der Waals surface area contributed by atoms with Crippen LogP contribution < -0.4 is 0 Å². The SMILES string of the molecule is CN1CCO[C@@H]2CC(=O)CC[C@H]21. The topological polar surface area (TPSA) is 29.5 Å². The van der Waals surface area contributed by atoms with Gasteiger partial charge in [0, 0.05) is 25.4 Å². The second kappa shape index (κ2) is 3.15. The van der Waals surface area contributed by atoms with Crippen LogP contribution in [0.25, 0.3) is 0 Å². The Morgan fingerprint density at radius 1 is 1.58 bits per heavy atom. The number of ether oxygens (including phenoxy) is 1. The molecule has 2 atom stereocenters. The zero-order chi connectivity index (χ0) is 8.55. The molecule has 0 amide bonds. The molecule has 68 valence electrons. The summed E-state index contributed by atoms with van der Waals surface area (Å²) in [6.45, 7) is 1.79. The highest BCUT2D eigenvalue weighted by Crippen LogP contribution is 2.25. The Hall–Kier alpha value is -0.410. The maximum Gasteiger partial charge on any atom is 0.135 e. The minimum atomic E-state index is 0.185. The summed E-state index contributed by atoms with van der Waals surface area (Å²) in [6.07, 6.45) is 2.55. The maximum atomic E-state index is 11.1. The van der Waals surface area contributed by atoms with Crippen molar-refractivity contribution in [2.75, 3.05) is 20.2 Å². The first-order chi connectivity index (χ1) is 5.77. The van der Waals surface area contributed by atoms with Gasteiger partial charge < -0.3 is 4.74 Å². The van der Waals surface area contributed by atoms with Gasteiger partial charge in [0.15, 0.2) is 0 Å². The second-order valence-electron chi connectivity index (χ2n) is 3.74. The van der Waals surface area contributed by atoms with E-state index in [1.54, 1.807) is 0 Å². The van der Waals surface area contributed by atoms with Gasteiger partial charge in [-0.2, -0.15) is 0 Å². The van der Waals surface area contributed by atoms with Gasteiger partial charge in [0.2, 0.25) is 0 Å². The molecule has 3 nitrogen and oxygen atoms in total. The van der Waals surface area contributed by atoms with E-state index in [-0.39, 0.29) is 6.10 Å². The van der Waals surface area contributed by atoms with Crippen LogP contribution in [0.4, 0.5) is 0 Å². The fraction of sp³-hybridized carbons (Fsp3) is 0.889. The number of morpholine rings is 1. The molecule has 1 heterocycles. The first-order valence-corrected chi connectivity index (χ1v) is 4.61. The average molecular weight is 169 g/mol. The summed E-state index contributed by atoms with van der Waals surface area (Å²) in [5, 5.41) is 0. The Morgan fingerprint density at radius 3 is 3.25 bits per heavy atom. The van der Waals surface area contributed by atoms with Crippen molar-refractivity contribution in [1.82, 2.24) is 4.90 Å². The maximum absolute atomic E-state index is 11.1. The molecule has 0 bridgehead atoms. The molecular formula is C9H15NO2. The minimum Gasteiger partial charge on any atom is -0.375 e. The summed E-state index contributed by atoms with van der Waals surface area (Å²) in [5.41, 5.74) is 0. The van der Waals surface area contributed by atoms with Crippen molar-refractivity contribution in [3.63, 3.8) is 0 Å². The van der Waals surface area contributed by atoms with Gasteiger partial charge in [-0.15, -0.1) is 0 Å². The van der Waals surface area contributed by atoms with Gasteiger partial charge in [-0.05, 0) is 13.5 Å². The summed E-state index contributed by atoms with van der Waals surface area (Å²) in [5.74, 6) is 0.367. The predicted octanol–water partition coefficient (Wildman–Crippen LogP) is 0.439. The second-order valence-corrected chi connectivity index (χ2v) is 3.74. The number of Topliss-reactive ketones (excluding diaryl/α,β-unsaturated/α-hetero) is 1. The quantitative estimate of drug-likeness (QED) is 0.527. The van der Waals surface area contributed by atoms with Gasteiger partial charge in [0.25, 0.3) is 0 Å². The fourth-order valence-corrected chi connectivity index (χ4v) is 2.15. The van der Waals surface area contributed by atoms with Gasteiger partial charge >= 0.3 is 0 Å². The number of hydrogen-bond acceptors (Lipinski definition) is 3. The summed E-state index contributed by atoms with van der Waals surface area (Å²) in [7, 11) is 2.12. The minimum absolute atomic E-state index is 0.185. The molecule has 0 unspecified atom stereocenters. The van der Waals surface area contributed by atoms with Crippen LogP contribution in [0.2, 0.25) is 0 Å². The van der Waals surface area contributed by atoms with Crippen molar-refractivity contribution in [1.29, 1.82) is 0 Å². The third kappa shape index (κ3) is 1.39. The van der Waals surface area contributed by atoms with Gasteiger partial charge in [-0.1, -0.05) is 0 Å². The molecule has 0 spiro atoms. The zero-order valence-corrected chi connectivity index (χ0v) is 7.45. The molecule has 0 aromatic carbocycles. The van der Waals surface area contributed by atoms with E-state index in [0.29, 0.717) is 18.2 Å². The molecule has 1 aliphatic heterocycles. The van der Waals surface area contributed by atoms with Crippen molar-refractivity contribution in [3.8, 4) is 0 Å². The summed E-state index contributed by atoms with van der Waals surface area (Å²) in [6, 6.07) is 0.497. The Morgan fingerprint density at radius 2 is 2.42 bits per heavy atom. The highest BCUT2D eigenvalue weighted by atomic mass is 16.5. The number of likely N-dealkylation sites (N-methyl/N-ethyl adjacent to an activating group) is 1. The standard InChI is InChI=1S/C9H15NO2/c1-10-4-5-12-9-6-7(11)2-3-8(9)10/h8-9H,2-6H2,1H3/t8-,9-/m1/s1. The highest BCUT2D eigenvalue weighted by molar-refractivity contribution is 5.80. The third-order valence-corrected chi connectivity index (χ3v) is 2.92. The Kier molecular flexibility index (Phi) is 2.15. The van der Waals surface area contributed by atoms with Crippen LogP contribution in [-0.4, -0.2) is 43.0 Å². The number of hydrogen-bond donors (Lipinski definition) is 0. The number of carbonyl (C=O) groups excluding carboxylic acids is 1. The van der Waals surface area contributed by atoms with E-state index in [2.05, 4.69) is 11.9 Å². The molecule has 2 fully saturated rings. The van der Waals surface area contributed by atoms with Gasteiger partial charge in [-0.3, -0.25) is 9.69 Å². The summed E-state index contributed by atoms with van der Waals surface area (Å²) in [4.78, 5) is 13.4. The number of carbonyl (C=O) groups is 1. The van der Waals surface area contributed by atoms with Crippen LogP contribution in [0.3, 0.4) is 0 Å². The molecule has 2 aliphatic rings. The first-order valence-electron chi connectivity index (χ1n) is 4.61. The van der Waals surface area contributed by atoms with E-state index in [1.165, 1.54) is 0 Å². The third-order valence-electron chi connectivity index (χ3n) is 2.92. The van der Waals surface area contributed by atoms with Crippen LogP contribution >= 0.6 is 0 Å². The van der Waals surface area contributed by atoms with Crippen molar-refractivity contribution >= 4 is 5.78 Å². The number of rotatable bonds is 0. The molecule has 0 aromatic rings. The van der Waals surface area contributed by atoms with Crippen molar-refractivity contribution in [2.45, 2.75) is 31.4 Å².